The molecule has 0 spiro atoms. The summed E-state index contributed by atoms with van der Waals surface area (Å²) in [6.07, 6.45) is 2.54. The maximum absolute atomic E-state index is 12.4. The fourth-order valence-electron chi connectivity index (χ4n) is 1.14. The maximum atomic E-state index is 12.4. The molecule has 1 aliphatic heterocycles. The van der Waals surface area contributed by atoms with Gasteiger partial charge in [0.2, 0.25) is 5.95 Å². The van der Waals surface area contributed by atoms with E-state index in [2.05, 4.69) is 10.3 Å². The highest BCUT2D eigenvalue weighted by atomic mass is 18.2. The summed E-state index contributed by atoms with van der Waals surface area (Å²) in [5, 5.41) is 3.21. The van der Waals surface area contributed by atoms with E-state index in [1.54, 1.807) is 6.07 Å². The molecule has 70 valence electrons. The van der Waals surface area contributed by atoms with Crippen LogP contribution in [0.25, 0.3) is 0 Å². The van der Waals surface area contributed by atoms with E-state index in [9.17, 15) is 4.39 Å². The van der Waals surface area contributed by atoms with E-state index in [1.807, 2.05) is 0 Å². The predicted octanol–water partition coefficient (Wildman–Crippen LogP) is 0.961. The maximum Gasteiger partial charge on any atom is 0.213 e. The molecule has 0 radical (unpaired) electrons. The van der Waals surface area contributed by atoms with Crippen molar-refractivity contribution in [1.82, 2.24) is 10.3 Å². The molecule has 2 rings (SSSR count). The highest BCUT2D eigenvalue weighted by molar-refractivity contribution is 5.16. The first kappa shape index (κ1) is 8.44. The molecule has 1 aromatic rings. The van der Waals surface area contributed by atoms with E-state index >= 15 is 0 Å². The summed E-state index contributed by atoms with van der Waals surface area (Å²) in [4.78, 5) is 3.49. The zero-order chi connectivity index (χ0) is 9.10. The van der Waals surface area contributed by atoms with Crippen LogP contribution in [0, 0.1) is 5.95 Å². The number of rotatable bonds is 3. The standard InChI is InChI=1S/C9H11FN2O/c10-9-2-1-8(5-12-9)13-6-7-3-4-11-7/h1-2,5,7,11H,3-4,6H2/t7-/m1/s1/i10-1. The van der Waals surface area contributed by atoms with Gasteiger partial charge in [-0.05, 0) is 25.1 Å². The number of aromatic nitrogens is 1. The molecule has 1 atom stereocenters. The van der Waals surface area contributed by atoms with Gasteiger partial charge in [-0.2, -0.15) is 4.39 Å². The summed E-state index contributed by atoms with van der Waals surface area (Å²) in [5.41, 5.74) is 0. The zero-order valence-corrected chi connectivity index (χ0v) is 7.16. The van der Waals surface area contributed by atoms with Crippen LogP contribution in [0.1, 0.15) is 6.42 Å². The molecule has 0 amide bonds. The summed E-state index contributed by atoms with van der Waals surface area (Å²) in [5.74, 6) is 0.143. The Hall–Kier alpha value is -1.16. The van der Waals surface area contributed by atoms with Crippen LogP contribution in [0.3, 0.4) is 0 Å². The lowest BCUT2D eigenvalue weighted by Crippen LogP contribution is -2.46. The molecular weight excluding hydrogens is 170 g/mol. The Bertz CT molecular complexity index is 271. The topological polar surface area (TPSA) is 34.1 Å². The largest absolute Gasteiger partial charge is 0.490 e. The zero-order valence-electron chi connectivity index (χ0n) is 7.16. The molecule has 2 heterocycles. The van der Waals surface area contributed by atoms with Gasteiger partial charge in [-0.25, -0.2) is 4.98 Å². The lowest BCUT2D eigenvalue weighted by Gasteiger charge is -2.27. The molecule has 3 nitrogen and oxygen atoms in total. The number of hydrogen-bond acceptors (Lipinski definition) is 3. The van der Waals surface area contributed by atoms with Crippen LogP contribution in [0.15, 0.2) is 18.3 Å². The van der Waals surface area contributed by atoms with Crippen molar-refractivity contribution in [3.8, 4) is 5.75 Å². The molecule has 1 fully saturated rings. The first-order valence-corrected chi connectivity index (χ1v) is 4.32. The van der Waals surface area contributed by atoms with Gasteiger partial charge in [0.05, 0.1) is 6.20 Å². The van der Waals surface area contributed by atoms with E-state index in [1.165, 1.54) is 12.3 Å². The van der Waals surface area contributed by atoms with Gasteiger partial charge >= 0.3 is 0 Å². The summed E-state index contributed by atoms with van der Waals surface area (Å²) in [6, 6.07) is 3.33. The Morgan fingerprint density at radius 1 is 1.62 bits per heavy atom. The minimum Gasteiger partial charge on any atom is -0.490 e. The van der Waals surface area contributed by atoms with Gasteiger partial charge in [-0.15, -0.1) is 0 Å². The van der Waals surface area contributed by atoms with E-state index < -0.39 is 5.95 Å². The Labute approximate surface area is 75.9 Å². The Morgan fingerprint density at radius 3 is 3.00 bits per heavy atom. The average molecular weight is 181 g/mol. The van der Waals surface area contributed by atoms with Crippen LogP contribution in [0.5, 0.6) is 5.75 Å². The summed E-state index contributed by atoms with van der Waals surface area (Å²) in [7, 11) is 0. The van der Waals surface area contributed by atoms with Crippen LogP contribution < -0.4 is 10.1 Å². The molecule has 0 bridgehead atoms. The van der Waals surface area contributed by atoms with Crippen molar-refractivity contribution in [3.63, 3.8) is 0 Å². The van der Waals surface area contributed by atoms with Crippen LogP contribution in [-0.4, -0.2) is 24.2 Å². The highest BCUT2D eigenvalue weighted by Crippen LogP contribution is 2.10. The minimum atomic E-state index is -0.478. The number of ether oxygens (including phenoxy) is 1. The molecule has 0 unspecified atom stereocenters. The molecule has 13 heavy (non-hydrogen) atoms. The molecule has 0 saturated carbocycles. The van der Waals surface area contributed by atoms with Crippen LogP contribution in [-0.2, 0) is 0 Å². The normalized spacial score (nSPS) is 20.8. The van der Waals surface area contributed by atoms with Gasteiger partial charge in [0, 0.05) is 6.04 Å². The lowest BCUT2D eigenvalue weighted by atomic mass is 10.1. The summed E-state index contributed by atoms with van der Waals surface area (Å²) in [6.45, 7) is 1.70. The van der Waals surface area contributed by atoms with Crippen molar-refractivity contribution in [2.24, 2.45) is 0 Å². The molecule has 1 N–H and O–H groups in total. The highest BCUT2D eigenvalue weighted by Gasteiger charge is 2.16. The second-order valence-corrected chi connectivity index (χ2v) is 3.07. The van der Waals surface area contributed by atoms with Crippen LogP contribution >= 0.6 is 0 Å². The minimum absolute atomic E-state index is 0.449. The second kappa shape index (κ2) is 3.70. The van der Waals surface area contributed by atoms with Crippen molar-refractivity contribution in [3.05, 3.63) is 24.3 Å². The van der Waals surface area contributed by atoms with Crippen molar-refractivity contribution >= 4 is 0 Å². The second-order valence-electron chi connectivity index (χ2n) is 3.07. The number of pyridine rings is 1. The first-order chi connectivity index (χ1) is 6.34. The van der Waals surface area contributed by atoms with E-state index in [0.29, 0.717) is 18.4 Å². The molecule has 1 aromatic heterocycles. The third-order valence-corrected chi connectivity index (χ3v) is 2.08. The third-order valence-electron chi connectivity index (χ3n) is 2.08. The van der Waals surface area contributed by atoms with Gasteiger partial charge in [0.15, 0.2) is 0 Å². The number of nitrogens with one attached hydrogen (secondary N) is 1. The molecule has 0 aromatic carbocycles. The Kier molecular flexibility index (Phi) is 2.40. The predicted molar refractivity (Wildman–Crippen MR) is 46.1 cm³/mol. The quantitative estimate of drug-likeness (QED) is 0.705. The fourth-order valence-corrected chi connectivity index (χ4v) is 1.14. The summed E-state index contributed by atoms with van der Waals surface area (Å²) < 4.78 is 17.8. The smallest absolute Gasteiger partial charge is 0.213 e. The van der Waals surface area contributed by atoms with E-state index in [0.717, 1.165) is 13.0 Å². The van der Waals surface area contributed by atoms with Crippen molar-refractivity contribution in [2.45, 2.75) is 12.5 Å². The van der Waals surface area contributed by atoms with Gasteiger partial charge in [0.25, 0.3) is 0 Å². The molecule has 1 aliphatic rings. The number of hydrogen-bond donors (Lipinski definition) is 1. The lowest BCUT2D eigenvalue weighted by molar-refractivity contribution is 0.216. The van der Waals surface area contributed by atoms with Crippen molar-refractivity contribution in [1.29, 1.82) is 0 Å². The van der Waals surface area contributed by atoms with Crippen molar-refractivity contribution in [2.75, 3.05) is 13.2 Å². The SMILES string of the molecule is [18F]c1ccc(OC[C@H]2CCN2)cn1. The number of nitrogens with zero attached hydrogens (tertiary/aromatic N) is 1. The number of halogens is 1. The molecule has 0 aliphatic carbocycles. The monoisotopic (exact) mass is 181 g/mol. The Balaban J connectivity index is 1.83. The van der Waals surface area contributed by atoms with Crippen LogP contribution in [0.4, 0.5) is 4.39 Å². The van der Waals surface area contributed by atoms with Gasteiger partial charge < -0.3 is 10.1 Å². The molecule has 1 saturated heterocycles. The molecular formula is C9H11FN2O. The molecule has 4 heteroatoms. The first-order valence-electron chi connectivity index (χ1n) is 4.32. The van der Waals surface area contributed by atoms with Gasteiger partial charge in [0.1, 0.15) is 12.4 Å². The van der Waals surface area contributed by atoms with Gasteiger partial charge in [-0.1, -0.05) is 0 Å². The van der Waals surface area contributed by atoms with E-state index in [-0.39, 0.29) is 0 Å². The van der Waals surface area contributed by atoms with Crippen LogP contribution in [0.2, 0.25) is 0 Å². The van der Waals surface area contributed by atoms with Crippen molar-refractivity contribution < 1.29 is 9.13 Å². The fraction of sp³-hybridized carbons (Fsp3) is 0.444. The average Bonchev–Trinajstić information content (AvgIpc) is 2.05. The third kappa shape index (κ3) is 2.15. The van der Waals surface area contributed by atoms with E-state index in [4.69, 9.17) is 4.74 Å². The summed E-state index contributed by atoms with van der Waals surface area (Å²) >= 11 is 0. The Morgan fingerprint density at radius 2 is 2.46 bits per heavy atom. The van der Waals surface area contributed by atoms with Gasteiger partial charge in [-0.3, -0.25) is 0 Å².